The molecule has 22 heavy (non-hydrogen) atoms. The molecule has 0 radical (unpaired) electrons. The SMILES string of the molecule is CC(C)(O)c1ccc2c(c1)Cc1c(C(N)=O)cc(F)c(Br)c1-2. The van der Waals surface area contributed by atoms with E-state index in [0.717, 1.165) is 22.3 Å². The van der Waals surface area contributed by atoms with Crippen molar-refractivity contribution < 1.29 is 14.3 Å². The number of carbonyl (C=O) groups is 1. The van der Waals surface area contributed by atoms with Crippen LogP contribution in [0.25, 0.3) is 11.1 Å². The third-order valence-corrected chi connectivity index (χ3v) is 4.82. The molecule has 3 nitrogen and oxygen atoms in total. The Balaban J connectivity index is 2.25. The van der Waals surface area contributed by atoms with E-state index < -0.39 is 17.3 Å². The van der Waals surface area contributed by atoms with Crippen molar-refractivity contribution in [1.82, 2.24) is 0 Å². The Labute approximate surface area is 136 Å². The zero-order valence-electron chi connectivity index (χ0n) is 12.2. The summed E-state index contributed by atoms with van der Waals surface area (Å²) in [6.07, 6.45) is 0.492. The summed E-state index contributed by atoms with van der Waals surface area (Å²) in [7, 11) is 0. The standard InChI is InChI=1S/C17H15BrFNO2/c1-17(2,22)9-3-4-10-8(5-9)6-11-12(16(20)21)7-13(19)15(18)14(10)11/h3-5,7,22H,6H2,1-2H3,(H2,20,21). The lowest BCUT2D eigenvalue weighted by Crippen LogP contribution is -2.15. The Hall–Kier alpha value is -1.72. The Morgan fingerprint density at radius 2 is 2.05 bits per heavy atom. The Morgan fingerprint density at radius 1 is 1.36 bits per heavy atom. The smallest absolute Gasteiger partial charge is 0.249 e. The zero-order chi connectivity index (χ0) is 16.2. The molecular weight excluding hydrogens is 349 g/mol. The number of fused-ring (bicyclic) bond motifs is 3. The van der Waals surface area contributed by atoms with Crippen molar-refractivity contribution in [2.45, 2.75) is 25.9 Å². The first-order valence-electron chi connectivity index (χ1n) is 6.87. The molecule has 3 N–H and O–H groups in total. The van der Waals surface area contributed by atoms with Crippen LogP contribution in [0, 0.1) is 5.82 Å². The van der Waals surface area contributed by atoms with Crippen LogP contribution in [0.4, 0.5) is 4.39 Å². The molecule has 0 fully saturated rings. The molecule has 0 aliphatic heterocycles. The van der Waals surface area contributed by atoms with Gasteiger partial charge in [-0.05, 0) is 64.5 Å². The van der Waals surface area contributed by atoms with E-state index in [-0.39, 0.29) is 5.56 Å². The second-order valence-electron chi connectivity index (χ2n) is 6.05. The summed E-state index contributed by atoms with van der Waals surface area (Å²) in [4.78, 5) is 11.6. The number of amides is 1. The molecule has 0 saturated carbocycles. The average molecular weight is 364 g/mol. The lowest BCUT2D eigenvalue weighted by molar-refractivity contribution is 0.0785. The predicted octanol–water partition coefficient (Wildman–Crippen LogP) is 3.49. The van der Waals surface area contributed by atoms with Gasteiger partial charge >= 0.3 is 0 Å². The van der Waals surface area contributed by atoms with Gasteiger partial charge in [0, 0.05) is 11.1 Å². The zero-order valence-corrected chi connectivity index (χ0v) is 13.8. The molecule has 0 aromatic heterocycles. The molecule has 2 aromatic carbocycles. The van der Waals surface area contributed by atoms with E-state index >= 15 is 0 Å². The number of aliphatic hydroxyl groups is 1. The molecule has 0 unspecified atom stereocenters. The Kier molecular flexibility index (Phi) is 3.38. The second kappa shape index (κ2) is 4.89. The minimum atomic E-state index is -0.960. The van der Waals surface area contributed by atoms with Crippen molar-refractivity contribution in [3.05, 3.63) is 56.8 Å². The van der Waals surface area contributed by atoms with Crippen LogP contribution in [-0.2, 0) is 12.0 Å². The van der Waals surface area contributed by atoms with Crippen LogP contribution in [-0.4, -0.2) is 11.0 Å². The Morgan fingerprint density at radius 3 is 2.64 bits per heavy atom. The first-order valence-corrected chi connectivity index (χ1v) is 7.66. The molecule has 1 aliphatic carbocycles. The van der Waals surface area contributed by atoms with Crippen molar-refractivity contribution in [2.75, 3.05) is 0 Å². The molecule has 0 atom stereocenters. The van der Waals surface area contributed by atoms with Crippen molar-refractivity contribution >= 4 is 21.8 Å². The van der Waals surface area contributed by atoms with Crippen LogP contribution in [0.3, 0.4) is 0 Å². The molecule has 2 aromatic rings. The monoisotopic (exact) mass is 363 g/mol. The van der Waals surface area contributed by atoms with E-state index in [1.807, 2.05) is 18.2 Å². The van der Waals surface area contributed by atoms with Gasteiger partial charge < -0.3 is 10.8 Å². The highest BCUT2D eigenvalue weighted by atomic mass is 79.9. The summed E-state index contributed by atoms with van der Waals surface area (Å²) in [6.45, 7) is 3.42. The van der Waals surface area contributed by atoms with Crippen LogP contribution < -0.4 is 5.73 Å². The molecule has 0 bridgehead atoms. The predicted molar refractivity (Wildman–Crippen MR) is 86.1 cm³/mol. The van der Waals surface area contributed by atoms with Crippen LogP contribution in [0.1, 0.15) is 40.9 Å². The van der Waals surface area contributed by atoms with Gasteiger partial charge in [0.05, 0.1) is 10.1 Å². The molecule has 0 heterocycles. The summed E-state index contributed by atoms with van der Waals surface area (Å²) in [6, 6.07) is 6.73. The maximum Gasteiger partial charge on any atom is 0.249 e. The maximum absolute atomic E-state index is 14.1. The van der Waals surface area contributed by atoms with E-state index in [4.69, 9.17) is 5.73 Å². The quantitative estimate of drug-likeness (QED) is 0.731. The highest BCUT2D eigenvalue weighted by Crippen LogP contribution is 2.44. The fourth-order valence-corrected chi connectivity index (χ4v) is 3.47. The minimum Gasteiger partial charge on any atom is -0.386 e. The van der Waals surface area contributed by atoms with Gasteiger partial charge in [-0.15, -0.1) is 0 Å². The van der Waals surface area contributed by atoms with Gasteiger partial charge in [-0.3, -0.25) is 4.79 Å². The topological polar surface area (TPSA) is 63.3 Å². The summed E-state index contributed by atoms with van der Waals surface area (Å²) < 4.78 is 14.4. The van der Waals surface area contributed by atoms with Gasteiger partial charge in [0.2, 0.25) is 5.91 Å². The molecule has 1 aliphatic rings. The van der Waals surface area contributed by atoms with Gasteiger partial charge in [-0.1, -0.05) is 18.2 Å². The number of halogens is 2. The van der Waals surface area contributed by atoms with Crippen LogP contribution in [0.2, 0.25) is 0 Å². The van der Waals surface area contributed by atoms with Crippen LogP contribution >= 0.6 is 15.9 Å². The lowest BCUT2D eigenvalue weighted by atomic mass is 9.94. The van der Waals surface area contributed by atoms with E-state index in [1.54, 1.807) is 13.8 Å². The number of carbonyl (C=O) groups excluding carboxylic acids is 1. The Bertz CT molecular complexity index is 809. The van der Waals surface area contributed by atoms with Gasteiger partial charge in [-0.25, -0.2) is 4.39 Å². The summed E-state index contributed by atoms with van der Waals surface area (Å²) in [5.41, 5.74) is 8.60. The third-order valence-electron chi connectivity index (χ3n) is 4.04. The third kappa shape index (κ3) is 2.25. The lowest BCUT2D eigenvalue weighted by Gasteiger charge is -2.18. The van der Waals surface area contributed by atoms with Crippen molar-refractivity contribution in [3.8, 4) is 11.1 Å². The maximum atomic E-state index is 14.1. The molecule has 3 rings (SSSR count). The number of benzene rings is 2. The van der Waals surface area contributed by atoms with E-state index in [9.17, 15) is 14.3 Å². The minimum absolute atomic E-state index is 0.205. The summed E-state index contributed by atoms with van der Waals surface area (Å²) >= 11 is 3.27. The number of hydrogen-bond donors (Lipinski definition) is 2. The molecule has 5 heteroatoms. The first-order chi connectivity index (χ1) is 10.2. The van der Waals surface area contributed by atoms with Crippen molar-refractivity contribution in [1.29, 1.82) is 0 Å². The number of hydrogen-bond acceptors (Lipinski definition) is 2. The van der Waals surface area contributed by atoms with Crippen molar-refractivity contribution in [3.63, 3.8) is 0 Å². The van der Waals surface area contributed by atoms with Gasteiger partial charge in [0.1, 0.15) is 5.82 Å². The molecule has 114 valence electrons. The highest BCUT2D eigenvalue weighted by Gasteiger charge is 2.29. The first kappa shape index (κ1) is 15.2. The van der Waals surface area contributed by atoms with Crippen LogP contribution in [0.5, 0.6) is 0 Å². The number of primary amides is 1. The highest BCUT2D eigenvalue weighted by molar-refractivity contribution is 9.10. The number of nitrogens with two attached hydrogens (primary N) is 1. The van der Waals surface area contributed by atoms with E-state index in [1.165, 1.54) is 6.07 Å². The normalized spacial score (nSPS) is 13.0. The van der Waals surface area contributed by atoms with E-state index in [2.05, 4.69) is 15.9 Å². The van der Waals surface area contributed by atoms with Gasteiger partial charge in [0.25, 0.3) is 0 Å². The largest absolute Gasteiger partial charge is 0.386 e. The van der Waals surface area contributed by atoms with E-state index in [0.29, 0.717) is 16.5 Å². The fraction of sp³-hybridized carbons (Fsp3) is 0.235. The number of rotatable bonds is 2. The summed E-state index contributed by atoms with van der Waals surface area (Å²) in [5, 5.41) is 10.1. The molecular formula is C17H15BrFNO2. The molecule has 1 amide bonds. The van der Waals surface area contributed by atoms with Crippen molar-refractivity contribution in [2.24, 2.45) is 5.73 Å². The van der Waals surface area contributed by atoms with Gasteiger partial charge in [0.15, 0.2) is 0 Å². The molecule has 0 spiro atoms. The average Bonchev–Trinajstić information content (AvgIpc) is 2.79. The summed E-state index contributed by atoms with van der Waals surface area (Å²) in [5.74, 6) is -1.15. The van der Waals surface area contributed by atoms with Crippen LogP contribution in [0.15, 0.2) is 28.7 Å². The fourth-order valence-electron chi connectivity index (χ4n) is 2.90. The molecule has 0 saturated heterocycles. The van der Waals surface area contributed by atoms with Gasteiger partial charge in [-0.2, -0.15) is 0 Å². The second-order valence-corrected chi connectivity index (χ2v) is 6.84.